The molecule has 0 aliphatic carbocycles. The predicted molar refractivity (Wildman–Crippen MR) is 121 cm³/mol. The molecule has 31 heavy (non-hydrogen) atoms. The number of halogens is 2. The van der Waals surface area contributed by atoms with Gasteiger partial charge in [-0.25, -0.2) is 0 Å². The van der Waals surface area contributed by atoms with Crippen molar-refractivity contribution in [3.8, 4) is 0 Å². The van der Waals surface area contributed by atoms with E-state index in [1.54, 1.807) is 0 Å². The van der Waals surface area contributed by atoms with Gasteiger partial charge in [-0.1, -0.05) is 35.3 Å². The van der Waals surface area contributed by atoms with Crippen molar-refractivity contribution in [2.24, 2.45) is 0 Å². The molecule has 1 aromatic heterocycles. The van der Waals surface area contributed by atoms with Crippen LogP contribution in [0.15, 0.2) is 54.6 Å². The summed E-state index contributed by atoms with van der Waals surface area (Å²) in [5.41, 5.74) is 3.58. The molecule has 2 aromatic carbocycles. The quantitative estimate of drug-likeness (QED) is 0.584. The number of carbonyl (C=O) groups excluding carboxylic acids is 1. The van der Waals surface area contributed by atoms with E-state index in [0.717, 1.165) is 35.1 Å². The molecule has 1 saturated heterocycles. The summed E-state index contributed by atoms with van der Waals surface area (Å²) in [4.78, 5) is 17.2. The lowest BCUT2D eigenvalue weighted by atomic mass is 10.1. The molecular weight excluding hydrogens is 435 g/mol. The molecule has 1 amide bonds. The van der Waals surface area contributed by atoms with Gasteiger partial charge in [0.2, 0.25) is 0 Å². The number of carbonyl (C=O) groups is 1. The van der Waals surface area contributed by atoms with Gasteiger partial charge in [-0.2, -0.15) is 5.10 Å². The van der Waals surface area contributed by atoms with Gasteiger partial charge in [0.05, 0.1) is 18.8 Å². The molecular formula is C23H22Cl2N4O2. The van der Waals surface area contributed by atoms with Crippen LogP contribution in [0, 0.1) is 0 Å². The number of nitrogens with zero attached hydrogens (tertiary/aromatic N) is 4. The van der Waals surface area contributed by atoms with Crippen molar-refractivity contribution in [1.29, 1.82) is 0 Å². The highest BCUT2D eigenvalue weighted by Crippen LogP contribution is 2.28. The van der Waals surface area contributed by atoms with E-state index >= 15 is 0 Å². The number of fused-ring (bicyclic) bond motifs is 1. The molecule has 2 aliphatic rings. The third-order valence-corrected chi connectivity index (χ3v) is 6.36. The molecule has 0 radical (unpaired) electrons. The SMILES string of the molecule is O=C(c1cc2n(n1)CC(c1ccc(Cl)cc1)OC2)N1CCN(c2ccc(Cl)cc2)CC1. The molecule has 8 heteroatoms. The first-order chi connectivity index (χ1) is 15.1. The van der Waals surface area contributed by atoms with E-state index < -0.39 is 0 Å². The monoisotopic (exact) mass is 456 g/mol. The number of aromatic nitrogens is 2. The van der Waals surface area contributed by atoms with Gasteiger partial charge in [-0.15, -0.1) is 0 Å². The maximum Gasteiger partial charge on any atom is 0.274 e. The van der Waals surface area contributed by atoms with E-state index in [2.05, 4.69) is 10.00 Å². The summed E-state index contributed by atoms with van der Waals surface area (Å²) in [5, 5.41) is 6.02. The highest BCUT2D eigenvalue weighted by atomic mass is 35.5. The molecule has 1 unspecified atom stereocenters. The van der Waals surface area contributed by atoms with Gasteiger partial charge in [0.15, 0.2) is 5.69 Å². The van der Waals surface area contributed by atoms with Crippen LogP contribution in [0.25, 0.3) is 0 Å². The number of hydrogen-bond donors (Lipinski definition) is 0. The summed E-state index contributed by atoms with van der Waals surface area (Å²) in [6.45, 7) is 3.89. The second kappa shape index (κ2) is 8.54. The van der Waals surface area contributed by atoms with Gasteiger partial charge in [0.1, 0.15) is 6.10 Å². The molecule has 1 fully saturated rings. The van der Waals surface area contributed by atoms with Crippen molar-refractivity contribution >= 4 is 34.8 Å². The zero-order valence-corrected chi connectivity index (χ0v) is 18.4. The molecule has 1 atom stereocenters. The molecule has 0 N–H and O–H groups in total. The Balaban J connectivity index is 1.23. The van der Waals surface area contributed by atoms with Crippen LogP contribution in [-0.2, 0) is 17.9 Å². The fourth-order valence-electron chi connectivity index (χ4n) is 4.09. The highest BCUT2D eigenvalue weighted by Gasteiger charge is 2.28. The van der Waals surface area contributed by atoms with Crippen LogP contribution in [-0.4, -0.2) is 46.8 Å². The Morgan fingerprint density at radius 2 is 1.58 bits per heavy atom. The van der Waals surface area contributed by atoms with Crippen molar-refractivity contribution in [3.63, 3.8) is 0 Å². The normalized spacial score (nSPS) is 18.7. The molecule has 0 saturated carbocycles. The maximum atomic E-state index is 13.1. The summed E-state index contributed by atoms with van der Waals surface area (Å²) < 4.78 is 7.88. The number of hydrogen-bond acceptors (Lipinski definition) is 4. The Labute approximate surface area is 190 Å². The van der Waals surface area contributed by atoms with Crippen LogP contribution in [0.3, 0.4) is 0 Å². The Bertz CT molecular complexity index is 1070. The summed E-state index contributed by atoms with van der Waals surface area (Å²) in [7, 11) is 0. The Morgan fingerprint density at radius 1 is 0.935 bits per heavy atom. The lowest BCUT2D eigenvalue weighted by molar-refractivity contribution is -0.00121. The number of anilines is 1. The van der Waals surface area contributed by atoms with Gasteiger partial charge < -0.3 is 14.5 Å². The fraction of sp³-hybridized carbons (Fsp3) is 0.304. The van der Waals surface area contributed by atoms with E-state index in [0.29, 0.717) is 37.0 Å². The summed E-state index contributed by atoms with van der Waals surface area (Å²) in [6, 6.07) is 17.3. The molecule has 0 spiro atoms. The first-order valence-corrected chi connectivity index (χ1v) is 11.1. The number of amides is 1. The minimum Gasteiger partial charge on any atom is -0.368 e. The topological polar surface area (TPSA) is 50.6 Å². The molecule has 6 nitrogen and oxygen atoms in total. The van der Waals surface area contributed by atoms with Crippen LogP contribution in [0.5, 0.6) is 0 Å². The van der Waals surface area contributed by atoms with Crippen molar-refractivity contribution in [3.05, 3.63) is 81.6 Å². The highest BCUT2D eigenvalue weighted by molar-refractivity contribution is 6.30. The first kappa shape index (κ1) is 20.4. The summed E-state index contributed by atoms with van der Waals surface area (Å²) in [5.74, 6) is -0.0271. The second-order valence-corrected chi connectivity index (χ2v) is 8.68. The molecule has 3 aromatic rings. The van der Waals surface area contributed by atoms with Crippen LogP contribution >= 0.6 is 23.2 Å². The van der Waals surface area contributed by atoms with E-state index in [1.807, 2.05) is 64.2 Å². The van der Waals surface area contributed by atoms with E-state index in [1.165, 1.54) is 0 Å². The third kappa shape index (κ3) is 4.28. The number of piperazine rings is 1. The lowest BCUT2D eigenvalue weighted by Crippen LogP contribution is -2.48. The van der Waals surface area contributed by atoms with Crippen molar-refractivity contribution in [2.45, 2.75) is 19.3 Å². The van der Waals surface area contributed by atoms with Gasteiger partial charge in [0, 0.05) is 41.9 Å². The minimum atomic E-state index is -0.101. The van der Waals surface area contributed by atoms with Crippen molar-refractivity contribution < 1.29 is 9.53 Å². The number of rotatable bonds is 3. The van der Waals surface area contributed by atoms with Crippen LogP contribution in [0.2, 0.25) is 10.0 Å². The van der Waals surface area contributed by atoms with Gasteiger partial charge in [-0.05, 0) is 48.0 Å². The third-order valence-electron chi connectivity index (χ3n) is 5.85. The Kier molecular flexibility index (Phi) is 5.61. The van der Waals surface area contributed by atoms with Gasteiger partial charge >= 0.3 is 0 Å². The number of ether oxygens (including phenoxy) is 1. The zero-order valence-electron chi connectivity index (χ0n) is 16.9. The predicted octanol–water partition coefficient (Wildman–Crippen LogP) is 4.42. The summed E-state index contributed by atoms with van der Waals surface area (Å²) >= 11 is 12.0. The van der Waals surface area contributed by atoms with Crippen LogP contribution in [0.1, 0.15) is 27.8 Å². The van der Waals surface area contributed by atoms with Gasteiger partial charge in [-0.3, -0.25) is 9.48 Å². The molecule has 2 aliphatic heterocycles. The largest absolute Gasteiger partial charge is 0.368 e. The number of benzene rings is 2. The van der Waals surface area contributed by atoms with E-state index in [9.17, 15) is 4.79 Å². The molecule has 0 bridgehead atoms. The second-order valence-electron chi connectivity index (χ2n) is 7.81. The van der Waals surface area contributed by atoms with Crippen molar-refractivity contribution in [1.82, 2.24) is 14.7 Å². The average Bonchev–Trinajstić information content (AvgIpc) is 3.23. The van der Waals surface area contributed by atoms with Gasteiger partial charge in [0.25, 0.3) is 5.91 Å². The minimum absolute atomic E-state index is 0.0271. The van der Waals surface area contributed by atoms with Crippen LogP contribution in [0.4, 0.5) is 5.69 Å². The smallest absolute Gasteiger partial charge is 0.274 e. The zero-order chi connectivity index (χ0) is 21.4. The van der Waals surface area contributed by atoms with Crippen LogP contribution < -0.4 is 4.90 Å². The standard InChI is InChI=1S/C23H22Cl2N4O2/c24-17-3-1-16(2-4-17)22-14-29-20(15-31-22)13-21(26-29)23(30)28-11-9-27(10-12-28)19-7-5-18(25)6-8-19/h1-8,13,22H,9-12,14-15H2. The molecule has 160 valence electrons. The molecule has 3 heterocycles. The maximum absolute atomic E-state index is 13.1. The van der Waals surface area contributed by atoms with E-state index in [-0.39, 0.29) is 12.0 Å². The summed E-state index contributed by atoms with van der Waals surface area (Å²) in [6.07, 6.45) is -0.101. The van der Waals surface area contributed by atoms with Crippen molar-refractivity contribution in [2.75, 3.05) is 31.1 Å². The van der Waals surface area contributed by atoms with E-state index in [4.69, 9.17) is 27.9 Å². The Hall–Kier alpha value is -2.54. The lowest BCUT2D eigenvalue weighted by Gasteiger charge is -2.35. The Morgan fingerprint density at radius 3 is 2.26 bits per heavy atom. The average molecular weight is 457 g/mol. The molecule has 5 rings (SSSR count). The fourth-order valence-corrected chi connectivity index (χ4v) is 4.34. The first-order valence-electron chi connectivity index (χ1n) is 10.3.